The van der Waals surface area contributed by atoms with Crippen LogP contribution < -0.4 is 14.8 Å². The molecular weight excluding hydrogens is 388 g/mol. The second-order valence-electron chi connectivity index (χ2n) is 6.35. The Hall–Kier alpha value is -3.51. The summed E-state index contributed by atoms with van der Waals surface area (Å²) < 4.78 is 13.3. The van der Waals surface area contributed by atoms with Crippen LogP contribution in [0.5, 0.6) is 17.4 Å². The lowest BCUT2D eigenvalue weighted by atomic mass is 10.2. The van der Waals surface area contributed by atoms with Crippen LogP contribution in [0.2, 0.25) is 5.02 Å². The zero-order valence-electron chi connectivity index (χ0n) is 16.0. The fraction of sp³-hybridized carbons (Fsp3) is 0.0909. The number of anilines is 2. The Kier molecular flexibility index (Phi) is 5.35. The van der Waals surface area contributed by atoms with Crippen LogP contribution in [0.1, 0.15) is 5.69 Å². The SMILES string of the molecule is COc1cc(Nc2cccc(Oc3ccc(Cl)cc3)n2)ccc1-n1cnc(C)c1. The zero-order valence-corrected chi connectivity index (χ0v) is 16.7. The molecule has 7 heteroatoms. The second-order valence-corrected chi connectivity index (χ2v) is 6.79. The van der Waals surface area contributed by atoms with Crippen LogP contribution in [-0.4, -0.2) is 21.6 Å². The van der Waals surface area contributed by atoms with E-state index in [-0.39, 0.29) is 0 Å². The summed E-state index contributed by atoms with van der Waals surface area (Å²) in [6.07, 6.45) is 3.71. The third-order valence-electron chi connectivity index (χ3n) is 4.20. The Morgan fingerprint density at radius 3 is 2.59 bits per heavy atom. The van der Waals surface area contributed by atoms with Crippen molar-refractivity contribution in [2.75, 3.05) is 12.4 Å². The van der Waals surface area contributed by atoms with Crippen LogP contribution in [0.4, 0.5) is 11.5 Å². The van der Waals surface area contributed by atoms with E-state index in [4.69, 9.17) is 21.1 Å². The molecule has 1 N–H and O–H groups in total. The molecule has 0 radical (unpaired) electrons. The fourth-order valence-electron chi connectivity index (χ4n) is 2.83. The fourth-order valence-corrected chi connectivity index (χ4v) is 2.96. The molecule has 0 unspecified atom stereocenters. The van der Waals surface area contributed by atoms with E-state index >= 15 is 0 Å². The molecule has 0 bridgehead atoms. The van der Waals surface area contributed by atoms with Crippen LogP contribution in [0.15, 0.2) is 73.2 Å². The minimum atomic E-state index is 0.481. The molecule has 146 valence electrons. The van der Waals surface area contributed by atoms with E-state index in [0.29, 0.717) is 22.5 Å². The van der Waals surface area contributed by atoms with E-state index in [1.54, 1.807) is 43.8 Å². The Labute approximate surface area is 173 Å². The van der Waals surface area contributed by atoms with Crippen molar-refractivity contribution in [1.29, 1.82) is 0 Å². The normalized spacial score (nSPS) is 10.6. The minimum Gasteiger partial charge on any atom is -0.494 e. The number of nitrogens with zero attached hydrogens (tertiary/aromatic N) is 3. The molecule has 0 aliphatic rings. The third kappa shape index (κ3) is 4.50. The molecule has 2 aromatic carbocycles. The summed E-state index contributed by atoms with van der Waals surface area (Å²) in [6.45, 7) is 1.95. The van der Waals surface area contributed by atoms with Gasteiger partial charge in [0.25, 0.3) is 0 Å². The number of aromatic nitrogens is 3. The predicted octanol–water partition coefficient (Wildman–Crippen LogP) is 5.77. The summed E-state index contributed by atoms with van der Waals surface area (Å²) in [7, 11) is 1.64. The maximum Gasteiger partial charge on any atom is 0.221 e. The quantitative estimate of drug-likeness (QED) is 0.440. The summed E-state index contributed by atoms with van der Waals surface area (Å²) >= 11 is 5.91. The van der Waals surface area contributed by atoms with Gasteiger partial charge in [0.1, 0.15) is 17.3 Å². The Balaban J connectivity index is 1.53. The van der Waals surface area contributed by atoms with Gasteiger partial charge in [-0.2, -0.15) is 4.98 Å². The van der Waals surface area contributed by atoms with Crippen molar-refractivity contribution in [3.63, 3.8) is 0 Å². The Morgan fingerprint density at radius 2 is 1.86 bits per heavy atom. The smallest absolute Gasteiger partial charge is 0.221 e. The van der Waals surface area contributed by atoms with E-state index in [9.17, 15) is 0 Å². The van der Waals surface area contributed by atoms with Crippen LogP contribution in [0, 0.1) is 6.92 Å². The van der Waals surface area contributed by atoms with Crippen molar-refractivity contribution in [3.8, 4) is 23.1 Å². The first-order valence-corrected chi connectivity index (χ1v) is 9.35. The highest BCUT2D eigenvalue weighted by atomic mass is 35.5. The summed E-state index contributed by atoms with van der Waals surface area (Å²) in [5, 5.41) is 3.94. The van der Waals surface area contributed by atoms with Gasteiger partial charge >= 0.3 is 0 Å². The molecule has 0 saturated heterocycles. The van der Waals surface area contributed by atoms with Gasteiger partial charge in [-0.05, 0) is 49.4 Å². The third-order valence-corrected chi connectivity index (χ3v) is 4.45. The maximum atomic E-state index is 5.91. The van der Waals surface area contributed by atoms with Crippen LogP contribution >= 0.6 is 11.6 Å². The molecule has 4 aromatic rings. The molecule has 2 heterocycles. The highest BCUT2D eigenvalue weighted by molar-refractivity contribution is 6.30. The predicted molar refractivity (Wildman–Crippen MR) is 114 cm³/mol. The number of methoxy groups -OCH3 is 1. The zero-order chi connectivity index (χ0) is 20.2. The number of ether oxygens (including phenoxy) is 2. The summed E-state index contributed by atoms with van der Waals surface area (Å²) in [4.78, 5) is 8.77. The van der Waals surface area contributed by atoms with Crippen molar-refractivity contribution >= 4 is 23.1 Å². The van der Waals surface area contributed by atoms with Gasteiger partial charge in [-0.25, -0.2) is 4.98 Å². The van der Waals surface area contributed by atoms with Crippen molar-refractivity contribution < 1.29 is 9.47 Å². The molecule has 0 spiro atoms. The number of benzene rings is 2. The molecule has 4 rings (SSSR count). The monoisotopic (exact) mass is 406 g/mol. The van der Waals surface area contributed by atoms with Crippen LogP contribution in [0.25, 0.3) is 5.69 Å². The van der Waals surface area contributed by atoms with Gasteiger partial charge in [0, 0.05) is 29.0 Å². The van der Waals surface area contributed by atoms with Crippen molar-refractivity contribution in [3.05, 3.63) is 83.9 Å². The van der Waals surface area contributed by atoms with Crippen molar-refractivity contribution in [1.82, 2.24) is 14.5 Å². The number of halogens is 1. The molecule has 0 atom stereocenters. The lowest BCUT2D eigenvalue weighted by Crippen LogP contribution is -1.99. The van der Waals surface area contributed by atoms with Crippen LogP contribution in [0.3, 0.4) is 0 Å². The first-order chi connectivity index (χ1) is 14.1. The average Bonchev–Trinajstić information content (AvgIpc) is 3.16. The van der Waals surface area contributed by atoms with Gasteiger partial charge in [0.05, 0.1) is 24.8 Å². The van der Waals surface area contributed by atoms with E-state index in [1.807, 2.05) is 48.0 Å². The van der Waals surface area contributed by atoms with E-state index < -0.39 is 0 Å². The van der Waals surface area contributed by atoms with Gasteiger partial charge in [0.15, 0.2) is 0 Å². The molecule has 0 amide bonds. The maximum absolute atomic E-state index is 5.91. The molecule has 0 aliphatic carbocycles. The summed E-state index contributed by atoms with van der Waals surface area (Å²) in [6, 6.07) is 18.5. The highest BCUT2D eigenvalue weighted by Gasteiger charge is 2.08. The number of rotatable bonds is 6. The summed E-state index contributed by atoms with van der Waals surface area (Å²) in [5.74, 6) is 2.53. The van der Waals surface area contributed by atoms with Crippen molar-refractivity contribution in [2.24, 2.45) is 0 Å². The molecule has 0 aliphatic heterocycles. The first kappa shape index (κ1) is 18.8. The number of pyridine rings is 1. The largest absolute Gasteiger partial charge is 0.494 e. The van der Waals surface area contributed by atoms with Gasteiger partial charge in [-0.1, -0.05) is 17.7 Å². The average molecular weight is 407 g/mol. The molecule has 2 aromatic heterocycles. The summed E-state index contributed by atoms with van der Waals surface area (Å²) in [5.41, 5.74) is 2.70. The second kappa shape index (κ2) is 8.24. The molecule has 6 nitrogen and oxygen atoms in total. The number of nitrogens with one attached hydrogen (secondary N) is 1. The van der Waals surface area contributed by atoms with Gasteiger partial charge in [-0.3, -0.25) is 0 Å². The standard InChI is InChI=1S/C22H19ClN4O2/c1-15-13-27(14-24-15)19-11-8-17(12-20(19)28-2)25-21-4-3-5-22(26-21)29-18-9-6-16(23)7-10-18/h3-14H,1-2H3,(H,25,26). The molecule has 0 fully saturated rings. The minimum absolute atomic E-state index is 0.481. The van der Waals surface area contributed by atoms with Gasteiger partial charge in [-0.15, -0.1) is 0 Å². The van der Waals surface area contributed by atoms with Crippen LogP contribution in [-0.2, 0) is 0 Å². The van der Waals surface area contributed by atoms with Gasteiger partial charge < -0.3 is 19.4 Å². The molecule has 29 heavy (non-hydrogen) atoms. The van der Waals surface area contributed by atoms with E-state index in [2.05, 4.69) is 15.3 Å². The number of imidazole rings is 1. The Bertz CT molecular complexity index is 1130. The Morgan fingerprint density at radius 1 is 1.03 bits per heavy atom. The van der Waals surface area contributed by atoms with Crippen molar-refractivity contribution in [2.45, 2.75) is 6.92 Å². The number of aryl methyl sites for hydroxylation is 1. The number of hydrogen-bond acceptors (Lipinski definition) is 5. The van der Waals surface area contributed by atoms with E-state index in [1.165, 1.54) is 0 Å². The molecular formula is C22H19ClN4O2. The first-order valence-electron chi connectivity index (χ1n) is 8.97. The number of hydrogen-bond donors (Lipinski definition) is 1. The van der Waals surface area contributed by atoms with E-state index in [0.717, 1.165) is 22.8 Å². The topological polar surface area (TPSA) is 61.2 Å². The lowest BCUT2D eigenvalue weighted by Gasteiger charge is -2.13. The van der Waals surface area contributed by atoms with Gasteiger partial charge in [0.2, 0.25) is 5.88 Å². The highest BCUT2D eigenvalue weighted by Crippen LogP contribution is 2.29. The lowest BCUT2D eigenvalue weighted by molar-refractivity contribution is 0.413. The molecule has 0 saturated carbocycles.